The molecule has 1 aliphatic rings. The third-order valence-corrected chi connectivity index (χ3v) is 5.58. The Balaban J connectivity index is 2.09. The molecule has 1 aliphatic carbocycles. The first kappa shape index (κ1) is 15.5. The zero-order chi connectivity index (χ0) is 14.8. The van der Waals surface area contributed by atoms with Crippen LogP contribution in [-0.2, 0) is 16.6 Å². The average Bonchev–Trinajstić information content (AvgIpc) is 3.06. The molecular weight excluding hydrogens is 276 g/mol. The molecule has 0 atom stereocenters. The SMILES string of the molecule is CC(C)NCc1ccc(S(=O)(=O)N(C)C2CCCC2)o1. The average molecular weight is 300 g/mol. The Morgan fingerprint density at radius 1 is 1.35 bits per heavy atom. The lowest BCUT2D eigenvalue weighted by molar-refractivity contribution is 0.342. The topological polar surface area (TPSA) is 62.6 Å². The van der Waals surface area contributed by atoms with E-state index in [0.29, 0.717) is 18.3 Å². The number of rotatable bonds is 6. The van der Waals surface area contributed by atoms with E-state index in [4.69, 9.17) is 4.42 Å². The third kappa shape index (κ3) is 3.42. The van der Waals surface area contributed by atoms with Crippen LogP contribution in [0.3, 0.4) is 0 Å². The van der Waals surface area contributed by atoms with Crippen LogP contribution in [0.4, 0.5) is 0 Å². The number of nitrogens with zero attached hydrogens (tertiary/aromatic N) is 1. The lowest BCUT2D eigenvalue weighted by Gasteiger charge is -2.22. The largest absolute Gasteiger partial charge is 0.447 e. The Hall–Kier alpha value is -0.850. The van der Waals surface area contributed by atoms with Crippen LogP contribution in [0.1, 0.15) is 45.3 Å². The second-order valence-electron chi connectivity index (χ2n) is 5.72. The van der Waals surface area contributed by atoms with Crippen LogP contribution < -0.4 is 5.32 Å². The molecule has 1 saturated carbocycles. The molecule has 114 valence electrons. The van der Waals surface area contributed by atoms with Crippen LogP contribution in [0.25, 0.3) is 0 Å². The summed E-state index contributed by atoms with van der Waals surface area (Å²) in [6.07, 6.45) is 4.09. The first-order valence-electron chi connectivity index (χ1n) is 7.21. The molecule has 0 aliphatic heterocycles. The monoisotopic (exact) mass is 300 g/mol. The van der Waals surface area contributed by atoms with Gasteiger partial charge in [0, 0.05) is 19.1 Å². The molecule has 0 unspecified atom stereocenters. The summed E-state index contributed by atoms with van der Waals surface area (Å²) in [5, 5.41) is 3.26. The number of hydrogen-bond donors (Lipinski definition) is 1. The summed E-state index contributed by atoms with van der Waals surface area (Å²) in [5.41, 5.74) is 0. The number of hydrogen-bond acceptors (Lipinski definition) is 4. The first-order chi connectivity index (χ1) is 9.41. The van der Waals surface area contributed by atoms with Gasteiger partial charge in [0.1, 0.15) is 5.76 Å². The van der Waals surface area contributed by atoms with Crippen molar-refractivity contribution in [3.8, 4) is 0 Å². The van der Waals surface area contributed by atoms with E-state index in [1.165, 1.54) is 4.31 Å². The molecule has 0 bridgehead atoms. The summed E-state index contributed by atoms with van der Waals surface area (Å²) in [6.45, 7) is 4.61. The molecule has 1 aromatic rings. The smallest absolute Gasteiger partial charge is 0.276 e. The molecule has 0 amide bonds. The van der Waals surface area contributed by atoms with Crippen molar-refractivity contribution in [2.24, 2.45) is 0 Å². The van der Waals surface area contributed by atoms with E-state index in [-0.39, 0.29) is 11.1 Å². The first-order valence-corrected chi connectivity index (χ1v) is 8.65. The van der Waals surface area contributed by atoms with Gasteiger partial charge in [0.15, 0.2) is 0 Å². The van der Waals surface area contributed by atoms with E-state index < -0.39 is 10.0 Å². The summed E-state index contributed by atoms with van der Waals surface area (Å²) < 4.78 is 31.9. The highest BCUT2D eigenvalue weighted by atomic mass is 32.2. The maximum atomic E-state index is 12.5. The van der Waals surface area contributed by atoms with E-state index in [1.54, 1.807) is 19.2 Å². The van der Waals surface area contributed by atoms with Gasteiger partial charge in [0.2, 0.25) is 5.09 Å². The van der Waals surface area contributed by atoms with Gasteiger partial charge in [-0.05, 0) is 25.0 Å². The molecule has 0 aromatic carbocycles. The standard InChI is InChI=1S/C14H24N2O3S/c1-11(2)15-10-13-8-9-14(19-13)20(17,18)16(3)12-6-4-5-7-12/h8-9,11-12,15H,4-7,10H2,1-3H3. The predicted molar refractivity (Wildman–Crippen MR) is 77.9 cm³/mol. The van der Waals surface area contributed by atoms with Crippen LogP contribution in [0, 0.1) is 0 Å². The molecular formula is C14H24N2O3S. The molecule has 1 fully saturated rings. The second kappa shape index (κ2) is 6.28. The minimum absolute atomic E-state index is 0.0486. The molecule has 1 N–H and O–H groups in total. The van der Waals surface area contributed by atoms with E-state index in [9.17, 15) is 8.42 Å². The molecule has 0 saturated heterocycles. The molecule has 6 heteroatoms. The highest BCUT2D eigenvalue weighted by molar-refractivity contribution is 7.89. The van der Waals surface area contributed by atoms with Gasteiger partial charge >= 0.3 is 0 Å². The Morgan fingerprint density at radius 2 is 2.00 bits per heavy atom. The lowest BCUT2D eigenvalue weighted by Crippen LogP contribution is -2.35. The van der Waals surface area contributed by atoms with E-state index in [0.717, 1.165) is 25.7 Å². The summed E-state index contributed by atoms with van der Waals surface area (Å²) >= 11 is 0. The Kier molecular flexibility index (Phi) is 4.88. The van der Waals surface area contributed by atoms with Crippen molar-refractivity contribution >= 4 is 10.0 Å². The van der Waals surface area contributed by atoms with Crippen LogP contribution in [0.5, 0.6) is 0 Å². The van der Waals surface area contributed by atoms with Crippen LogP contribution in [-0.4, -0.2) is 31.9 Å². The molecule has 2 rings (SSSR count). The van der Waals surface area contributed by atoms with Crippen molar-refractivity contribution in [3.05, 3.63) is 17.9 Å². The maximum absolute atomic E-state index is 12.5. The van der Waals surface area contributed by atoms with Crippen molar-refractivity contribution in [2.75, 3.05) is 7.05 Å². The normalized spacial score (nSPS) is 17.4. The molecule has 1 heterocycles. The van der Waals surface area contributed by atoms with Gasteiger partial charge in [0.05, 0.1) is 6.54 Å². The molecule has 0 radical (unpaired) electrons. The number of nitrogens with one attached hydrogen (secondary N) is 1. The van der Waals surface area contributed by atoms with Crippen molar-refractivity contribution < 1.29 is 12.8 Å². The Labute approximate surface area is 121 Å². The van der Waals surface area contributed by atoms with Crippen molar-refractivity contribution in [1.82, 2.24) is 9.62 Å². The predicted octanol–water partition coefficient (Wildman–Crippen LogP) is 2.34. The van der Waals surface area contributed by atoms with Crippen molar-refractivity contribution in [1.29, 1.82) is 0 Å². The molecule has 0 spiro atoms. The van der Waals surface area contributed by atoms with Gasteiger partial charge in [-0.1, -0.05) is 26.7 Å². The zero-order valence-electron chi connectivity index (χ0n) is 12.4. The zero-order valence-corrected chi connectivity index (χ0v) is 13.2. The highest BCUT2D eigenvalue weighted by Gasteiger charge is 2.32. The van der Waals surface area contributed by atoms with Gasteiger partial charge in [0.25, 0.3) is 10.0 Å². The van der Waals surface area contributed by atoms with Gasteiger partial charge in [-0.25, -0.2) is 8.42 Å². The fourth-order valence-electron chi connectivity index (χ4n) is 2.50. The highest BCUT2D eigenvalue weighted by Crippen LogP contribution is 2.27. The minimum atomic E-state index is -3.50. The van der Waals surface area contributed by atoms with Gasteiger partial charge in [-0.2, -0.15) is 4.31 Å². The lowest BCUT2D eigenvalue weighted by atomic mass is 10.3. The Bertz CT molecular complexity index is 530. The summed E-state index contributed by atoms with van der Waals surface area (Å²) in [6, 6.07) is 3.73. The van der Waals surface area contributed by atoms with Crippen molar-refractivity contribution in [3.63, 3.8) is 0 Å². The molecule has 1 aromatic heterocycles. The fraction of sp³-hybridized carbons (Fsp3) is 0.714. The van der Waals surface area contributed by atoms with Crippen LogP contribution >= 0.6 is 0 Å². The number of sulfonamides is 1. The molecule has 5 nitrogen and oxygen atoms in total. The van der Waals surface area contributed by atoms with E-state index in [1.807, 2.05) is 13.8 Å². The summed E-state index contributed by atoms with van der Waals surface area (Å²) in [4.78, 5) is 0. The van der Waals surface area contributed by atoms with Crippen LogP contribution in [0.2, 0.25) is 0 Å². The maximum Gasteiger partial charge on any atom is 0.276 e. The summed E-state index contributed by atoms with van der Waals surface area (Å²) in [7, 11) is -1.85. The van der Waals surface area contributed by atoms with Crippen molar-refractivity contribution in [2.45, 2.75) is 63.3 Å². The number of furan rings is 1. The fourth-order valence-corrected chi connectivity index (χ4v) is 3.84. The van der Waals surface area contributed by atoms with Gasteiger partial charge in [-0.15, -0.1) is 0 Å². The van der Waals surface area contributed by atoms with Crippen LogP contribution in [0.15, 0.2) is 21.6 Å². The van der Waals surface area contributed by atoms with Gasteiger partial charge in [-0.3, -0.25) is 0 Å². The summed E-state index contributed by atoms with van der Waals surface area (Å²) in [5.74, 6) is 0.650. The minimum Gasteiger partial charge on any atom is -0.447 e. The van der Waals surface area contributed by atoms with Gasteiger partial charge < -0.3 is 9.73 Å². The Morgan fingerprint density at radius 3 is 2.60 bits per heavy atom. The second-order valence-corrected chi connectivity index (χ2v) is 7.64. The molecule has 20 heavy (non-hydrogen) atoms. The third-order valence-electron chi connectivity index (χ3n) is 3.79. The quantitative estimate of drug-likeness (QED) is 0.876. The van der Waals surface area contributed by atoms with E-state index >= 15 is 0 Å². The van der Waals surface area contributed by atoms with E-state index in [2.05, 4.69) is 5.32 Å².